The van der Waals surface area contributed by atoms with Gasteiger partial charge in [-0.25, -0.2) is 19.2 Å². The van der Waals surface area contributed by atoms with Gasteiger partial charge in [-0.15, -0.1) is 0 Å². The summed E-state index contributed by atoms with van der Waals surface area (Å²) in [5, 5.41) is 0. The molecule has 2 aliphatic heterocycles. The van der Waals surface area contributed by atoms with Crippen molar-refractivity contribution in [2.75, 3.05) is 0 Å². The molecule has 4 fully saturated rings. The molecule has 0 spiro atoms. The standard InChI is InChI=1S/2C8H10O4/c2*9-7-8(10)12-6-4-2-1-3-5(6)11-7/h2*5-6H,1-4H2/t2*5-,6+. The highest BCUT2D eigenvalue weighted by Crippen LogP contribution is 2.27. The molecule has 0 aromatic carbocycles. The summed E-state index contributed by atoms with van der Waals surface area (Å²) in [6.45, 7) is 0. The average Bonchev–Trinajstić information content (AvgIpc) is 2.57. The number of hydrogen-bond donors (Lipinski definition) is 0. The minimum atomic E-state index is -0.835. The lowest BCUT2D eigenvalue weighted by atomic mass is 9.94. The Morgan fingerprint density at radius 1 is 0.458 bits per heavy atom. The number of carbonyl (C=O) groups excluding carboxylic acids is 4. The highest BCUT2D eigenvalue weighted by atomic mass is 16.7. The summed E-state index contributed by atoms with van der Waals surface area (Å²) in [7, 11) is 0. The van der Waals surface area contributed by atoms with E-state index < -0.39 is 23.9 Å². The molecule has 4 rings (SSSR count). The number of esters is 4. The molecular formula is C16H20O8. The van der Waals surface area contributed by atoms with E-state index in [1.165, 1.54) is 0 Å². The summed E-state index contributed by atoms with van der Waals surface area (Å²) in [5.41, 5.74) is 0. The van der Waals surface area contributed by atoms with Crippen molar-refractivity contribution in [1.29, 1.82) is 0 Å². The Hall–Kier alpha value is -2.12. The molecule has 0 aromatic heterocycles. The second-order valence-electron chi connectivity index (χ2n) is 6.34. The van der Waals surface area contributed by atoms with Crippen molar-refractivity contribution in [3.8, 4) is 0 Å². The highest BCUT2D eigenvalue weighted by molar-refractivity contribution is 6.30. The molecule has 4 atom stereocenters. The third kappa shape index (κ3) is 3.68. The Bertz CT molecular complexity index is 446. The van der Waals surface area contributed by atoms with Gasteiger partial charge in [0.15, 0.2) is 0 Å². The summed E-state index contributed by atoms with van der Waals surface area (Å²) >= 11 is 0. The monoisotopic (exact) mass is 340 g/mol. The summed E-state index contributed by atoms with van der Waals surface area (Å²) in [4.78, 5) is 43.0. The van der Waals surface area contributed by atoms with E-state index in [2.05, 4.69) is 0 Å². The van der Waals surface area contributed by atoms with Crippen LogP contribution in [0.1, 0.15) is 51.4 Å². The van der Waals surface area contributed by atoms with Gasteiger partial charge in [0, 0.05) is 0 Å². The fourth-order valence-corrected chi connectivity index (χ4v) is 3.41. The van der Waals surface area contributed by atoms with Crippen LogP contribution in [0.3, 0.4) is 0 Å². The third-order valence-electron chi connectivity index (χ3n) is 4.65. The molecule has 4 aliphatic rings. The zero-order chi connectivity index (χ0) is 17.1. The Balaban J connectivity index is 0.000000141. The van der Waals surface area contributed by atoms with Gasteiger partial charge in [0.25, 0.3) is 0 Å². The van der Waals surface area contributed by atoms with Gasteiger partial charge in [-0.3, -0.25) is 0 Å². The van der Waals surface area contributed by atoms with E-state index in [0.717, 1.165) is 51.4 Å². The van der Waals surface area contributed by atoms with E-state index in [-0.39, 0.29) is 24.4 Å². The van der Waals surface area contributed by atoms with Crippen LogP contribution in [0.25, 0.3) is 0 Å². The highest BCUT2D eigenvalue weighted by Gasteiger charge is 2.40. The number of rotatable bonds is 0. The van der Waals surface area contributed by atoms with E-state index >= 15 is 0 Å². The maximum atomic E-state index is 10.8. The summed E-state index contributed by atoms with van der Waals surface area (Å²) in [6.07, 6.45) is 6.78. The Morgan fingerprint density at radius 2 is 0.667 bits per heavy atom. The number of hydrogen-bond acceptors (Lipinski definition) is 8. The van der Waals surface area contributed by atoms with Crippen molar-refractivity contribution in [1.82, 2.24) is 0 Å². The number of ether oxygens (including phenoxy) is 4. The zero-order valence-corrected chi connectivity index (χ0v) is 13.2. The Kier molecular flexibility index (Phi) is 5.01. The molecule has 2 saturated carbocycles. The first kappa shape index (κ1) is 16.7. The topological polar surface area (TPSA) is 105 Å². The quantitative estimate of drug-likeness (QED) is 0.362. The van der Waals surface area contributed by atoms with Crippen molar-refractivity contribution in [3.05, 3.63) is 0 Å². The minimum Gasteiger partial charge on any atom is -0.450 e. The van der Waals surface area contributed by atoms with Crippen LogP contribution in [0.4, 0.5) is 0 Å². The molecule has 0 N–H and O–H groups in total. The summed E-state index contributed by atoms with van der Waals surface area (Å²) < 4.78 is 19.6. The summed E-state index contributed by atoms with van der Waals surface area (Å²) in [5.74, 6) is -3.34. The van der Waals surface area contributed by atoms with Crippen LogP contribution in [0.5, 0.6) is 0 Å². The van der Waals surface area contributed by atoms with Crippen molar-refractivity contribution in [2.24, 2.45) is 0 Å². The molecule has 8 heteroatoms. The molecule has 0 aromatic rings. The van der Waals surface area contributed by atoms with Crippen LogP contribution in [-0.4, -0.2) is 48.3 Å². The van der Waals surface area contributed by atoms with E-state index in [1.54, 1.807) is 0 Å². The largest absolute Gasteiger partial charge is 0.450 e. The van der Waals surface area contributed by atoms with E-state index in [4.69, 9.17) is 18.9 Å². The van der Waals surface area contributed by atoms with Crippen LogP contribution in [-0.2, 0) is 38.1 Å². The van der Waals surface area contributed by atoms with E-state index in [1.807, 2.05) is 0 Å². The molecular weight excluding hydrogens is 320 g/mol. The lowest BCUT2D eigenvalue weighted by molar-refractivity contribution is -0.198. The van der Waals surface area contributed by atoms with Crippen molar-refractivity contribution in [2.45, 2.75) is 75.8 Å². The van der Waals surface area contributed by atoms with Crippen molar-refractivity contribution < 1.29 is 38.1 Å². The molecule has 0 amide bonds. The lowest BCUT2D eigenvalue weighted by Crippen LogP contribution is -2.45. The van der Waals surface area contributed by atoms with Crippen LogP contribution in [0.15, 0.2) is 0 Å². The second-order valence-corrected chi connectivity index (χ2v) is 6.34. The predicted molar refractivity (Wildman–Crippen MR) is 76.5 cm³/mol. The van der Waals surface area contributed by atoms with Crippen molar-refractivity contribution in [3.63, 3.8) is 0 Å². The Morgan fingerprint density at radius 3 is 0.875 bits per heavy atom. The SMILES string of the molecule is O=C1O[C@H]2CCCC[C@H]2OC1=O.O=C1O[C@H]2CCCC[C@H]2OC1=O. The number of carbonyl (C=O) groups is 4. The normalized spacial score (nSPS) is 35.0. The maximum Gasteiger partial charge on any atom is 0.417 e. The van der Waals surface area contributed by atoms with Gasteiger partial charge >= 0.3 is 23.9 Å². The van der Waals surface area contributed by atoms with Gasteiger partial charge in [-0.1, -0.05) is 0 Å². The molecule has 2 aliphatic carbocycles. The number of fused-ring (bicyclic) bond motifs is 2. The molecule has 132 valence electrons. The lowest BCUT2D eigenvalue weighted by Gasteiger charge is -2.33. The Labute approximate surface area is 138 Å². The molecule has 2 heterocycles. The van der Waals surface area contributed by atoms with Gasteiger partial charge in [0.05, 0.1) is 0 Å². The second kappa shape index (κ2) is 7.19. The van der Waals surface area contributed by atoms with E-state index in [9.17, 15) is 19.2 Å². The molecule has 0 radical (unpaired) electrons. The van der Waals surface area contributed by atoms with Crippen molar-refractivity contribution >= 4 is 23.9 Å². The first-order chi connectivity index (χ1) is 11.5. The van der Waals surface area contributed by atoms with Crippen LogP contribution < -0.4 is 0 Å². The van der Waals surface area contributed by atoms with Gasteiger partial charge in [0.1, 0.15) is 24.4 Å². The van der Waals surface area contributed by atoms with Crippen LogP contribution in [0, 0.1) is 0 Å². The molecule has 0 bridgehead atoms. The van der Waals surface area contributed by atoms with Gasteiger partial charge in [0.2, 0.25) is 0 Å². The fourth-order valence-electron chi connectivity index (χ4n) is 3.41. The smallest absolute Gasteiger partial charge is 0.417 e. The van der Waals surface area contributed by atoms with Gasteiger partial charge in [-0.05, 0) is 51.4 Å². The van der Waals surface area contributed by atoms with Gasteiger partial charge in [-0.2, -0.15) is 0 Å². The molecule has 0 unspecified atom stereocenters. The maximum absolute atomic E-state index is 10.8. The summed E-state index contributed by atoms with van der Waals surface area (Å²) in [6, 6.07) is 0. The predicted octanol–water partition coefficient (Wildman–Crippen LogP) is 0.795. The third-order valence-corrected chi connectivity index (χ3v) is 4.65. The average molecular weight is 340 g/mol. The molecule has 2 saturated heterocycles. The van der Waals surface area contributed by atoms with Gasteiger partial charge < -0.3 is 18.9 Å². The van der Waals surface area contributed by atoms with Crippen LogP contribution >= 0.6 is 0 Å². The van der Waals surface area contributed by atoms with Crippen LogP contribution in [0.2, 0.25) is 0 Å². The first-order valence-electron chi connectivity index (χ1n) is 8.38. The van der Waals surface area contributed by atoms with E-state index in [0.29, 0.717) is 0 Å². The fraction of sp³-hybridized carbons (Fsp3) is 0.750. The molecule has 24 heavy (non-hydrogen) atoms. The first-order valence-corrected chi connectivity index (χ1v) is 8.38. The minimum absolute atomic E-state index is 0.177. The zero-order valence-electron chi connectivity index (χ0n) is 13.2. The molecule has 8 nitrogen and oxygen atoms in total.